The maximum absolute atomic E-state index is 12.8. The largest absolute Gasteiger partial charge is 0.497 e. The molecule has 29 heavy (non-hydrogen) atoms. The first-order valence-electron chi connectivity index (χ1n) is 9.15. The number of imide groups is 1. The number of pyridine rings is 1. The van der Waals surface area contributed by atoms with Gasteiger partial charge in [0.05, 0.1) is 7.11 Å². The van der Waals surface area contributed by atoms with Crippen LogP contribution >= 0.6 is 0 Å². The van der Waals surface area contributed by atoms with Gasteiger partial charge < -0.3 is 19.9 Å². The Morgan fingerprint density at radius 2 is 2.17 bits per heavy atom. The van der Waals surface area contributed by atoms with Crippen LogP contribution in [0.15, 0.2) is 41.3 Å². The van der Waals surface area contributed by atoms with Crippen molar-refractivity contribution in [2.45, 2.75) is 25.4 Å². The fraction of sp³-hybridized carbons (Fsp3) is 0.300. The SMILES string of the molecule is COc1ccc2c(c1)C(=O)N(C[C@@H](CCc1ccc[nH]c1=O)NC(=O)NC=O)C2. The van der Waals surface area contributed by atoms with Crippen molar-refractivity contribution in [3.63, 3.8) is 0 Å². The average molecular weight is 398 g/mol. The highest BCUT2D eigenvalue weighted by Gasteiger charge is 2.30. The number of ether oxygens (including phenoxy) is 1. The second-order valence-electron chi connectivity index (χ2n) is 6.70. The smallest absolute Gasteiger partial charge is 0.321 e. The van der Waals surface area contributed by atoms with Crippen LogP contribution in [0.3, 0.4) is 0 Å². The maximum Gasteiger partial charge on any atom is 0.321 e. The number of fused-ring (bicyclic) bond motifs is 1. The lowest BCUT2D eigenvalue weighted by molar-refractivity contribution is -0.108. The average Bonchev–Trinajstić information content (AvgIpc) is 3.02. The number of nitrogens with zero attached hydrogens (tertiary/aromatic N) is 1. The molecule has 2 heterocycles. The van der Waals surface area contributed by atoms with E-state index in [1.165, 1.54) is 7.11 Å². The predicted octanol–water partition coefficient (Wildman–Crippen LogP) is 0.796. The van der Waals surface area contributed by atoms with Crippen molar-refractivity contribution >= 4 is 18.3 Å². The van der Waals surface area contributed by atoms with E-state index in [0.29, 0.717) is 36.3 Å². The standard InChI is InChI=1S/C20H22N4O5/c1-29-16-7-5-14-10-24(19(27)17(14)9-16)11-15(23-20(28)22-12-25)6-4-13-3-2-8-21-18(13)26/h2-3,5,7-9,12,15H,4,6,10-11H2,1H3,(H,21,26)(H2,22,23,25,28)/t15-/m1/s1. The molecule has 9 heteroatoms. The van der Waals surface area contributed by atoms with E-state index < -0.39 is 12.1 Å². The number of carbonyl (C=O) groups is 3. The molecule has 0 saturated carbocycles. The first kappa shape index (κ1) is 20.1. The Bertz CT molecular complexity index is 971. The van der Waals surface area contributed by atoms with Gasteiger partial charge in [-0.15, -0.1) is 0 Å². The molecule has 3 rings (SSSR count). The number of H-pyrrole nitrogens is 1. The fourth-order valence-corrected chi connectivity index (χ4v) is 3.35. The molecule has 0 fully saturated rings. The van der Waals surface area contributed by atoms with Gasteiger partial charge in [-0.05, 0) is 36.6 Å². The summed E-state index contributed by atoms with van der Waals surface area (Å²) in [7, 11) is 1.54. The highest BCUT2D eigenvalue weighted by atomic mass is 16.5. The molecule has 0 spiro atoms. The number of nitrogens with one attached hydrogen (secondary N) is 3. The minimum absolute atomic E-state index is 0.154. The Morgan fingerprint density at radius 1 is 1.34 bits per heavy atom. The third-order valence-electron chi connectivity index (χ3n) is 4.82. The van der Waals surface area contributed by atoms with E-state index in [4.69, 9.17) is 4.74 Å². The van der Waals surface area contributed by atoms with Crippen LogP contribution in [-0.4, -0.2) is 47.9 Å². The van der Waals surface area contributed by atoms with Crippen LogP contribution in [0.1, 0.15) is 27.9 Å². The van der Waals surface area contributed by atoms with Gasteiger partial charge in [0.15, 0.2) is 0 Å². The van der Waals surface area contributed by atoms with Crippen LogP contribution in [-0.2, 0) is 17.8 Å². The molecule has 1 atom stereocenters. The number of amides is 4. The fourth-order valence-electron chi connectivity index (χ4n) is 3.35. The Hall–Kier alpha value is -3.62. The number of urea groups is 1. The van der Waals surface area contributed by atoms with Crippen LogP contribution in [0.2, 0.25) is 0 Å². The maximum atomic E-state index is 12.8. The molecule has 3 N–H and O–H groups in total. The summed E-state index contributed by atoms with van der Waals surface area (Å²) in [6, 6.07) is 7.67. The molecule has 0 saturated heterocycles. The molecule has 1 aromatic carbocycles. The molecule has 0 aliphatic carbocycles. The number of benzene rings is 1. The number of aryl methyl sites for hydroxylation is 1. The summed E-state index contributed by atoms with van der Waals surface area (Å²) >= 11 is 0. The van der Waals surface area contributed by atoms with E-state index in [1.54, 1.807) is 35.4 Å². The molecule has 0 bridgehead atoms. The number of aromatic amines is 1. The topological polar surface area (TPSA) is 121 Å². The van der Waals surface area contributed by atoms with Gasteiger partial charge in [-0.1, -0.05) is 12.1 Å². The molecule has 1 aromatic heterocycles. The quantitative estimate of drug-likeness (QED) is 0.568. The van der Waals surface area contributed by atoms with Crippen LogP contribution < -0.4 is 20.9 Å². The van der Waals surface area contributed by atoms with E-state index in [2.05, 4.69) is 10.3 Å². The van der Waals surface area contributed by atoms with Gasteiger partial charge in [0, 0.05) is 36.5 Å². The highest BCUT2D eigenvalue weighted by Crippen LogP contribution is 2.27. The molecule has 152 valence electrons. The van der Waals surface area contributed by atoms with Gasteiger partial charge >= 0.3 is 6.03 Å². The minimum atomic E-state index is -0.655. The van der Waals surface area contributed by atoms with Crippen LogP contribution in [0.25, 0.3) is 0 Å². The second kappa shape index (κ2) is 9.05. The first-order chi connectivity index (χ1) is 14.0. The van der Waals surface area contributed by atoms with Gasteiger partial charge in [0.1, 0.15) is 5.75 Å². The molecule has 9 nitrogen and oxygen atoms in total. The zero-order chi connectivity index (χ0) is 20.8. The Morgan fingerprint density at radius 3 is 2.90 bits per heavy atom. The number of aromatic nitrogens is 1. The zero-order valence-corrected chi connectivity index (χ0v) is 15.9. The number of hydrogen-bond donors (Lipinski definition) is 3. The van der Waals surface area contributed by atoms with Crippen molar-refractivity contribution in [3.05, 3.63) is 63.6 Å². The molecule has 4 amide bonds. The summed E-state index contributed by atoms with van der Waals surface area (Å²) in [4.78, 5) is 51.3. The molecular weight excluding hydrogens is 376 g/mol. The third kappa shape index (κ3) is 4.81. The Labute approximate surface area is 167 Å². The monoisotopic (exact) mass is 398 g/mol. The highest BCUT2D eigenvalue weighted by molar-refractivity contribution is 5.98. The number of carbonyl (C=O) groups excluding carboxylic acids is 3. The molecule has 1 aliphatic heterocycles. The van der Waals surface area contributed by atoms with Crippen LogP contribution in [0.5, 0.6) is 5.75 Å². The minimum Gasteiger partial charge on any atom is -0.497 e. The molecule has 0 radical (unpaired) electrons. The summed E-state index contributed by atoms with van der Waals surface area (Å²) in [6.07, 6.45) is 2.67. The number of rotatable bonds is 8. The zero-order valence-electron chi connectivity index (χ0n) is 15.9. The van der Waals surface area contributed by atoms with Crippen molar-refractivity contribution < 1.29 is 19.1 Å². The van der Waals surface area contributed by atoms with Crippen molar-refractivity contribution in [1.29, 1.82) is 0 Å². The summed E-state index contributed by atoms with van der Waals surface area (Å²) in [5.74, 6) is 0.446. The van der Waals surface area contributed by atoms with Gasteiger partial charge in [0.2, 0.25) is 6.41 Å². The normalized spacial score (nSPS) is 13.6. The summed E-state index contributed by atoms with van der Waals surface area (Å²) in [5, 5.41) is 4.73. The van der Waals surface area contributed by atoms with Crippen molar-refractivity contribution in [2.24, 2.45) is 0 Å². The predicted molar refractivity (Wildman–Crippen MR) is 105 cm³/mol. The molecule has 1 aliphatic rings. The Kier molecular flexibility index (Phi) is 6.28. The number of methoxy groups -OCH3 is 1. The van der Waals surface area contributed by atoms with E-state index in [1.807, 2.05) is 11.4 Å². The lowest BCUT2D eigenvalue weighted by atomic mass is 10.1. The first-order valence-corrected chi connectivity index (χ1v) is 9.15. The summed E-state index contributed by atoms with van der Waals surface area (Å²) in [5.41, 5.74) is 1.84. The lowest BCUT2D eigenvalue weighted by Gasteiger charge is -2.24. The Balaban J connectivity index is 1.71. The van der Waals surface area contributed by atoms with E-state index in [0.717, 1.165) is 5.56 Å². The van der Waals surface area contributed by atoms with Gasteiger partial charge in [0.25, 0.3) is 11.5 Å². The van der Waals surface area contributed by atoms with Gasteiger partial charge in [-0.3, -0.25) is 19.7 Å². The van der Waals surface area contributed by atoms with Crippen LogP contribution in [0, 0.1) is 0 Å². The third-order valence-corrected chi connectivity index (χ3v) is 4.82. The van der Waals surface area contributed by atoms with E-state index in [-0.39, 0.29) is 24.4 Å². The molecule has 0 unspecified atom stereocenters. The van der Waals surface area contributed by atoms with Crippen molar-refractivity contribution in [2.75, 3.05) is 13.7 Å². The summed E-state index contributed by atoms with van der Waals surface area (Å²) < 4.78 is 5.18. The van der Waals surface area contributed by atoms with Crippen LogP contribution in [0.4, 0.5) is 4.79 Å². The summed E-state index contributed by atoms with van der Waals surface area (Å²) in [6.45, 7) is 0.657. The molecule has 2 aromatic rings. The van der Waals surface area contributed by atoms with Gasteiger partial charge in [-0.25, -0.2) is 4.79 Å². The van der Waals surface area contributed by atoms with E-state index >= 15 is 0 Å². The van der Waals surface area contributed by atoms with Crippen molar-refractivity contribution in [3.8, 4) is 5.75 Å². The lowest BCUT2D eigenvalue weighted by Crippen LogP contribution is -2.47. The number of hydrogen-bond acceptors (Lipinski definition) is 5. The van der Waals surface area contributed by atoms with Gasteiger partial charge in [-0.2, -0.15) is 0 Å². The second-order valence-corrected chi connectivity index (χ2v) is 6.70. The molecular formula is C20H22N4O5. The van der Waals surface area contributed by atoms with Crippen molar-refractivity contribution in [1.82, 2.24) is 20.5 Å². The van der Waals surface area contributed by atoms with E-state index in [9.17, 15) is 19.2 Å².